The number of hydrogen-bond acceptors (Lipinski definition) is 6. The monoisotopic (exact) mass is 444 g/mol. The topological polar surface area (TPSA) is 99.2 Å². The second-order valence-corrected chi connectivity index (χ2v) is 8.19. The zero-order chi connectivity index (χ0) is 23.3. The lowest BCUT2D eigenvalue weighted by Gasteiger charge is -2.16. The molecule has 0 saturated carbocycles. The molecule has 0 atom stereocenters. The predicted molar refractivity (Wildman–Crippen MR) is 119 cm³/mol. The van der Waals surface area contributed by atoms with E-state index in [0.29, 0.717) is 30.8 Å². The summed E-state index contributed by atoms with van der Waals surface area (Å²) in [5.74, 6) is -0.257. The van der Waals surface area contributed by atoms with Crippen LogP contribution >= 0.6 is 0 Å². The Hall–Kier alpha value is -3.07. The summed E-state index contributed by atoms with van der Waals surface area (Å²) in [6, 6.07) is 6.08. The Balaban J connectivity index is 2.10. The number of ether oxygens (including phenoxy) is 1. The number of aromatic nitrogens is 4. The molecule has 1 aromatic carbocycles. The minimum absolute atomic E-state index is 0.0513. The summed E-state index contributed by atoms with van der Waals surface area (Å²) in [5.41, 5.74) is 0.393. The first-order chi connectivity index (χ1) is 15.3. The Morgan fingerprint density at radius 1 is 1.09 bits per heavy atom. The first-order valence-electron chi connectivity index (χ1n) is 10.8. The van der Waals surface area contributed by atoms with Crippen molar-refractivity contribution in [2.75, 3.05) is 6.61 Å². The average Bonchev–Trinajstić information content (AvgIpc) is 2.77. The quantitative estimate of drug-likeness (QED) is 0.483. The fourth-order valence-electron chi connectivity index (χ4n) is 3.48. The fraction of sp³-hybridized carbons (Fsp3) is 0.478. The zero-order valence-corrected chi connectivity index (χ0v) is 18.7. The molecule has 2 heterocycles. The molecular weight excluding hydrogens is 415 g/mol. The molecule has 8 nitrogen and oxygen atoms in total. The van der Waals surface area contributed by atoms with Crippen LogP contribution in [0.2, 0.25) is 0 Å². The van der Waals surface area contributed by atoms with Crippen molar-refractivity contribution in [3.63, 3.8) is 0 Å². The summed E-state index contributed by atoms with van der Waals surface area (Å²) in [6.45, 7) is 4.36. The van der Waals surface area contributed by atoms with E-state index in [0.717, 1.165) is 17.4 Å². The Bertz CT molecular complexity index is 1200. The Labute approximate surface area is 185 Å². The molecule has 9 heteroatoms. The van der Waals surface area contributed by atoms with E-state index >= 15 is 0 Å². The first kappa shape index (κ1) is 23.6. The van der Waals surface area contributed by atoms with E-state index in [9.17, 15) is 14.0 Å². The molecule has 0 amide bonds. The minimum atomic E-state index is -0.504. The molecule has 172 valence electrons. The van der Waals surface area contributed by atoms with Crippen LogP contribution < -0.4 is 16.0 Å². The first-order valence-corrected chi connectivity index (χ1v) is 10.8. The summed E-state index contributed by atoms with van der Waals surface area (Å²) >= 11 is 0. The molecule has 0 radical (unpaired) electrons. The largest absolute Gasteiger partial charge is 0.484 e. The average molecular weight is 445 g/mol. The van der Waals surface area contributed by atoms with Crippen LogP contribution in [0.3, 0.4) is 0 Å². The van der Waals surface area contributed by atoms with E-state index in [1.54, 1.807) is 12.1 Å². The summed E-state index contributed by atoms with van der Waals surface area (Å²) in [4.78, 5) is 34.8. The summed E-state index contributed by atoms with van der Waals surface area (Å²) < 4.78 is 22.2. The van der Waals surface area contributed by atoms with Crippen LogP contribution in [0.25, 0.3) is 11.2 Å². The molecule has 0 aliphatic rings. The summed E-state index contributed by atoms with van der Waals surface area (Å²) in [6.07, 6.45) is 2.71. The third-order valence-electron chi connectivity index (χ3n) is 5.13. The molecular formula is C23H29FN4O4. The van der Waals surface area contributed by atoms with Gasteiger partial charge in [0.2, 0.25) is 0 Å². The number of aliphatic hydroxyl groups excluding tert-OH is 1. The zero-order valence-electron chi connectivity index (χ0n) is 18.7. The summed E-state index contributed by atoms with van der Waals surface area (Å²) in [5, 5.41) is 9.03. The van der Waals surface area contributed by atoms with Crippen molar-refractivity contribution in [3.8, 4) is 5.75 Å². The van der Waals surface area contributed by atoms with Crippen molar-refractivity contribution < 1.29 is 14.2 Å². The highest BCUT2D eigenvalue weighted by Crippen LogP contribution is 2.19. The van der Waals surface area contributed by atoms with Crippen molar-refractivity contribution in [3.05, 3.63) is 62.3 Å². The van der Waals surface area contributed by atoms with E-state index in [1.807, 2.05) is 13.8 Å². The van der Waals surface area contributed by atoms with Gasteiger partial charge >= 0.3 is 5.69 Å². The van der Waals surface area contributed by atoms with E-state index in [1.165, 1.54) is 23.7 Å². The second-order valence-electron chi connectivity index (χ2n) is 8.19. The van der Waals surface area contributed by atoms with Crippen molar-refractivity contribution in [2.24, 2.45) is 13.0 Å². The van der Waals surface area contributed by atoms with Gasteiger partial charge in [0.15, 0.2) is 22.7 Å². The number of aryl methyl sites for hydroxylation is 1. The molecule has 0 aliphatic carbocycles. The lowest BCUT2D eigenvalue weighted by molar-refractivity contribution is 0.280. The summed E-state index contributed by atoms with van der Waals surface area (Å²) in [7, 11) is 1.43. The highest BCUT2D eigenvalue weighted by molar-refractivity contribution is 5.69. The minimum Gasteiger partial charge on any atom is -0.484 e. The van der Waals surface area contributed by atoms with Gasteiger partial charge in [0.05, 0.1) is 5.69 Å². The SMILES string of the molecule is CC(C)Cn1c(=O)n(C)c(=O)c2nc(CCCCCO)c(COc3ccccc3F)nc21. The van der Waals surface area contributed by atoms with Crippen LogP contribution in [-0.4, -0.2) is 30.8 Å². The molecule has 0 spiro atoms. The normalized spacial score (nSPS) is 11.4. The van der Waals surface area contributed by atoms with Gasteiger partial charge < -0.3 is 9.84 Å². The number of para-hydroxylation sites is 1. The van der Waals surface area contributed by atoms with Gasteiger partial charge in [0.1, 0.15) is 12.3 Å². The van der Waals surface area contributed by atoms with Gasteiger partial charge in [-0.05, 0) is 37.3 Å². The van der Waals surface area contributed by atoms with Crippen molar-refractivity contribution in [1.82, 2.24) is 19.1 Å². The van der Waals surface area contributed by atoms with E-state index in [-0.39, 0.29) is 36.0 Å². The smallest absolute Gasteiger partial charge is 0.332 e. The second kappa shape index (κ2) is 10.5. The van der Waals surface area contributed by atoms with E-state index in [2.05, 4.69) is 9.97 Å². The van der Waals surface area contributed by atoms with E-state index < -0.39 is 17.1 Å². The van der Waals surface area contributed by atoms with Gasteiger partial charge in [-0.25, -0.2) is 19.2 Å². The van der Waals surface area contributed by atoms with Gasteiger partial charge in [-0.15, -0.1) is 0 Å². The number of aliphatic hydroxyl groups is 1. The van der Waals surface area contributed by atoms with Crippen LogP contribution in [0.5, 0.6) is 5.75 Å². The third-order valence-corrected chi connectivity index (χ3v) is 5.13. The van der Waals surface area contributed by atoms with Gasteiger partial charge in [-0.3, -0.25) is 13.9 Å². The standard InChI is InChI=1S/C23H29FN4O4/c1-15(2)13-28-21-20(22(30)27(3)23(28)31)25-17(10-5-4-8-12-29)18(26-21)14-32-19-11-7-6-9-16(19)24/h6-7,9,11,15,29H,4-5,8,10,12-14H2,1-3H3. The molecule has 0 bridgehead atoms. The molecule has 0 fully saturated rings. The Morgan fingerprint density at radius 2 is 1.84 bits per heavy atom. The molecule has 3 aromatic rings. The van der Waals surface area contributed by atoms with Gasteiger partial charge in [-0.2, -0.15) is 0 Å². The van der Waals surface area contributed by atoms with Gasteiger partial charge in [0.25, 0.3) is 5.56 Å². The molecule has 0 saturated heterocycles. The van der Waals surface area contributed by atoms with Crippen LogP contribution in [0.15, 0.2) is 33.9 Å². The molecule has 0 aliphatic heterocycles. The highest BCUT2D eigenvalue weighted by atomic mass is 19.1. The predicted octanol–water partition coefficient (Wildman–Crippen LogP) is 2.57. The molecule has 3 rings (SSSR count). The van der Waals surface area contributed by atoms with Crippen LogP contribution in [0.1, 0.15) is 44.5 Å². The van der Waals surface area contributed by atoms with Crippen molar-refractivity contribution in [1.29, 1.82) is 0 Å². The molecule has 1 N–H and O–H groups in total. The number of hydrogen-bond donors (Lipinski definition) is 1. The molecule has 2 aromatic heterocycles. The van der Waals surface area contributed by atoms with Crippen molar-refractivity contribution >= 4 is 11.2 Å². The number of fused-ring (bicyclic) bond motifs is 1. The highest BCUT2D eigenvalue weighted by Gasteiger charge is 2.19. The molecule has 0 unspecified atom stereocenters. The maximum atomic E-state index is 14.0. The van der Waals surface area contributed by atoms with Crippen LogP contribution in [0, 0.1) is 11.7 Å². The lowest BCUT2D eigenvalue weighted by Crippen LogP contribution is -2.40. The maximum absolute atomic E-state index is 14.0. The number of rotatable bonds is 10. The van der Waals surface area contributed by atoms with Crippen molar-refractivity contribution in [2.45, 2.75) is 52.7 Å². The van der Waals surface area contributed by atoms with Gasteiger partial charge in [-0.1, -0.05) is 32.4 Å². The lowest BCUT2D eigenvalue weighted by atomic mass is 10.1. The third kappa shape index (κ3) is 5.21. The Kier molecular flexibility index (Phi) is 7.74. The number of nitrogens with zero attached hydrogens (tertiary/aromatic N) is 4. The molecule has 32 heavy (non-hydrogen) atoms. The maximum Gasteiger partial charge on any atom is 0.332 e. The number of halogens is 1. The van der Waals surface area contributed by atoms with Gasteiger partial charge in [0, 0.05) is 20.2 Å². The fourth-order valence-corrected chi connectivity index (χ4v) is 3.48. The van der Waals surface area contributed by atoms with Crippen LogP contribution in [-0.2, 0) is 26.6 Å². The number of benzene rings is 1. The number of unbranched alkanes of at least 4 members (excludes halogenated alkanes) is 2. The van der Waals surface area contributed by atoms with Crippen LogP contribution in [0.4, 0.5) is 4.39 Å². The Morgan fingerprint density at radius 3 is 2.53 bits per heavy atom. The van der Waals surface area contributed by atoms with E-state index in [4.69, 9.17) is 9.84 Å².